The quantitative estimate of drug-likeness (QED) is 0.659. The second-order valence-electron chi connectivity index (χ2n) is 5.74. The highest BCUT2D eigenvalue weighted by molar-refractivity contribution is 6.09. The summed E-state index contributed by atoms with van der Waals surface area (Å²) < 4.78 is 0. The van der Waals surface area contributed by atoms with Crippen molar-refractivity contribution in [2.75, 3.05) is 10.6 Å². The molecule has 0 spiro atoms. The first-order valence-electron chi connectivity index (χ1n) is 7.77. The van der Waals surface area contributed by atoms with Gasteiger partial charge >= 0.3 is 0 Å². The first-order valence-corrected chi connectivity index (χ1v) is 7.77. The van der Waals surface area contributed by atoms with Crippen LogP contribution in [0.1, 0.15) is 23.6 Å². The zero-order valence-electron chi connectivity index (χ0n) is 14.4. The van der Waals surface area contributed by atoms with Crippen molar-refractivity contribution in [2.24, 2.45) is 0 Å². The molecule has 2 rings (SSSR count). The minimum Gasteiger partial charge on any atom is -0.326 e. The van der Waals surface area contributed by atoms with Crippen LogP contribution in [0.15, 0.2) is 48.0 Å². The molecule has 0 heterocycles. The number of hydrogen-bond donors (Lipinski definition) is 2. The zero-order valence-corrected chi connectivity index (χ0v) is 14.4. The molecule has 5 heteroatoms. The number of carbonyl (C=O) groups is 2. The van der Waals surface area contributed by atoms with E-state index < -0.39 is 5.91 Å². The predicted octanol–water partition coefficient (Wildman–Crippen LogP) is 3.81. The third-order valence-corrected chi connectivity index (χ3v) is 3.56. The van der Waals surface area contributed by atoms with Gasteiger partial charge in [0.05, 0.1) is 0 Å². The summed E-state index contributed by atoms with van der Waals surface area (Å²) in [6.45, 7) is 5.31. The molecule has 0 aliphatic carbocycles. The fourth-order valence-electron chi connectivity index (χ4n) is 2.26. The second kappa shape index (κ2) is 7.93. The molecule has 2 amide bonds. The molecular weight excluding hydrogens is 314 g/mol. The van der Waals surface area contributed by atoms with E-state index in [9.17, 15) is 14.9 Å². The van der Waals surface area contributed by atoms with Crippen molar-refractivity contribution in [3.05, 3.63) is 64.7 Å². The summed E-state index contributed by atoms with van der Waals surface area (Å²) in [6.07, 6.45) is 1.59. The van der Waals surface area contributed by atoms with Crippen molar-refractivity contribution < 1.29 is 9.59 Å². The van der Waals surface area contributed by atoms with E-state index >= 15 is 0 Å². The van der Waals surface area contributed by atoms with E-state index in [2.05, 4.69) is 10.6 Å². The third-order valence-electron chi connectivity index (χ3n) is 3.56. The summed E-state index contributed by atoms with van der Waals surface area (Å²) >= 11 is 0. The van der Waals surface area contributed by atoms with E-state index in [1.807, 2.05) is 38.1 Å². The number of nitrogens with zero attached hydrogens (tertiary/aromatic N) is 1. The first kappa shape index (κ1) is 18.0. The Balaban J connectivity index is 2.17. The normalized spacial score (nSPS) is 10.7. The zero-order chi connectivity index (χ0) is 18.4. The number of nitriles is 1. The Hall–Kier alpha value is -3.39. The maximum atomic E-state index is 12.3. The molecule has 2 aromatic carbocycles. The van der Waals surface area contributed by atoms with Crippen LogP contribution in [-0.4, -0.2) is 11.8 Å². The van der Waals surface area contributed by atoms with Crippen molar-refractivity contribution in [1.82, 2.24) is 0 Å². The Kier molecular flexibility index (Phi) is 5.70. The Bertz CT molecular complexity index is 875. The molecule has 0 bridgehead atoms. The monoisotopic (exact) mass is 333 g/mol. The molecule has 2 N–H and O–H groups in total. The maximum absolute atomic E-state index is 12.3. The molecule has 0 radical (unpaired) electrons. The minimum absolute atomic E-state index is 0.0274. The van der Waals surface area contributed by atoms with Crippen LogP contribution in [0.2, 0.25) is 0 Å². The van der Waals surface area contributed by atoms with E-state index in [1.54, 1.807) is 30.3 Å². The van der Waals surface area contributed by atoms with Gasteiger partial charge in [-0.05, 0) is 55.3 Å². The van der Waals surface area contributed by atoms with E-state index in [4.69, 9.17) is 0 Å². The summed E-state index contributed by atoms with van der Waals surface area (Å²) in [5.41, 5.74) is 4.10. The van der Waals surface area contributed by atoms with E-state index in [0.717, 1.165) is 16.7 Å². The van der Waals surface area contributed by atoms with Gasteiger partial charge in [0, 0.05) is 18.3 Å². The fourth-order valence-corrected chi connectivity index (χ4v) is 2.26. The highest BCUT2D eigenvalue weighted by Crippen LogP contribution is 2.17. The molecule has 0 saturated carbocycles. The van der Waals surface area contributed by atoms with Crippen LogP contribution < -0.4 is 10.6 Å². The van der Waals surface area contributed by atoms with Gasteiger partial charge in [-0.3, -0.25) is 9.59 Å². The SMILES string of the molecule is CC(=O)Nc1ccc(NC(=O)C(C#N)=Cc2cc(C)ccc2C)cc1. The van der Waals surface area contributed by atoms with Crippen LogP contribution in [0.5, 0.6) is 0 Å². The van der Waals surface area contributed by atoms with E-state index in [0.29, 0.717) is 11.4 Å². The first-order chi connectivity index (χ1) is 11.9. The molecule has 2 aromatic rings. The Morgan fingerprint density at radius 3 is 2.16 bits per heavy atom. The van der Waals surface area contributed by atoms with Crippen LogP contribution in [0.25, 0.3) is 6.08 Å². The summed E-state index contributed by atoms with van der Waals surface area (Å²) in [5.74, 6) is -0.643. The molecule has 0 unspecified atom stereocenters. The number of amides is 2. The number of anilines is 2. The summed E-state index contributed by atoms with van der Waals surface area (Å²) in [6, 6.07) is 14.5. The van der Waals surface area contributed by atoms with Gasteiger partial charge in [0.1, 0.15) is 11.6 Å². The number of nitrogens with one attached hydrogen (secondary N) is 2. The number of benzene rings is 2. The van der Waals surface area contributed by atoms with Crippen LogP contribution >= 0.6 is 0 Å². The van der Waals surface area contributed by atoms with Gasteiger partial charge in [0.25, 0.3) is 5.91 Å². The van der Waals surface area contributed by atoms with Crippen molar-refractivity contribution in [2.45, 2.75) is 20.8 Å². The van der Waals surface area contributed by atoms with Crippen LogP contribution in [-0.2, 0) is 9.59 Å². The van der Waals surface area contributed by atoms with Crippen molar-refractivity contribution >= 4 is 29.3 Å². The van der Waals surface area contributed by atoms with Gasteiger partial charge in [-0.25, -0.2) is 0 Å². The number of aryl methyl sites for hydroxylation is 2. The van der Waals surface area contributed by atoms with Gasteiger partial charge in [-0.2, -0.15) is 5.26 Å². The number of hydrogen-bond acceptors (Lipinski definition) is 3. The van der Waals surface area contributed by atoms with Crippen molar-refractivity contribution in [1.29, 1.82) is 5.26 Å². The highest BCUT2D eigenvalue weighted by Gasteiger charge is 2.10. The maximum Gasteiger partial charge on any atom is 0.266 e. The van der Waals surface area contributed by atoms with Crippen molar-refractivity contribution in [3.63, 3.8) is 0 Å². The van der Waals surface area contributed by atoms with Crippen LogP contribution in [0, 0.1) is 25.2 Å². The molecular formula is C20H19N3O2. The lowest BCUT2D eigenvalue weighted by Crippen LogP contribution is -2.13. The largest absolute Gasteiger partial charge is 0.326 e. The molecule has 0 atom stereocenters. The topological polar surface area (TPSA) is 82.0 Å². The van der Waals surface area contributed by atoms with Gasteiger partial charge < -0.3 is 10.6 Å². The molecule has 0 aliphatic rings. The second-order valence-corrected chi connectivity index (χ2v) is 5.74. The van der Waals surface area contributed by atoms with Gasteiger partial charge in [-0.1, -0.05) is 23.8 Å². The Morgan fingerprint density at radius 2 is 1.60 bits per heavy atom. The predicted molar refractivity (Wildman–Crippen MR) is 98.9 cm³/mol. The van der Waals surface area contributed by atoms with Gasteiger partial charge in [-0.15, -0.1) is 0 Å². The average molecular weight is 333 g/mol. The molecule has 5 nitrogen and oxygen atoms in total. The standard InChI is InChI=1S/C20H19N3O2/c1-13-4-5-14(2)16(10-13)11-17(12-21)20(25)23-19-8-6-18(7-9-19)22-15(3)24/h4-11H,1-3H3,(H,22,24)(H,23,25). The summed E-state index contributed by atoms with van der Waals surface area (Å²) in [5, 5.41) is 14.6. The summed E-state index contributed by atoms with van der Waals surface area (Å²) in [7, 11) is 0. The van der Waals surface area contributed by atoms with E-state index in [-0.39, 0.29) is 11.5 Å². The number of carbonyl (C=O) groups excluding carboxylic acids is 2. The van der Waals surface area contributed by atoms with Crippen LogP contribution in [0.4, 0.5) is 11.4 Å². The highest BCUT2D eigenvalue weighted by atomic mass is 16.2. The average Bonchev–Trinajstić information content (AvgIpc) is 2.56. The molecule has 0 saturated heterocycles. The molecule has 0 aromatic heterocycles. The lowest BCUT2D eigenvalue weighted by atomic mass is 10.0. The van der Waals surface area contributed by atoms with E-state index in [1.165, 1.54) is 6.92 Å². The number of rotatable bonds is 4. The Labute approximate surface area is 147 Å². The molecule has 0 aliphatic heterocycles. The Morgan fingerprint density at radius 1 is 1.00 bits per heavy atom. The fraction of sp³-hybridized carbons (Fsp3) is 0.150. The molecule has 25 heavy (non-hydrogen) atoms. The lowest BCUT2D eigenvalue weighted by molar-refractivity contribution is -0.114. The molecule has 0 fully saturated rings. The third kappa shape index (κ3) is 5.05. The van der Waals surface area contributed by atoms with Gasteiger partial charge in [0.15, 0.2) is 0 Å². The lowest BCUT2D eigenvalue weighted by Gasteiger charge is -2.07. The minimum atomic E-state index is -0.476. The van der Waals surface area contributed by atoms with Crippen molar-refractivity contribution in [3.8, 4) is 6.07 Å². The van der Waals surface area contributed by atoms with Crippen LogP contribution in [0.3, 0.4) is 0 Å². The smallest absolute Gasteiger partial charge is 0.266 e. The van der Waals surface area contributed by atoms with Gasteiger partial charge in [0.2, 0.25) is 5.91 Å². The summed E-state index contributed by atoms with van der Waals surface area (Å²) in [4.78, 5) is 23.3. The molecule has 126 valence electrons.